The van der Waals surface area contributed by atoms with Crippen molar-refractivity contribution >= 4 is 0 Å². The molecule has 0 radical (unpaired) electrons. The molecule has 0 aromatic rings. The molecule has 0 saturated heterocycles. The van der Waals surface area contributed by atoms with Gasteiger partial charge in [0.2, 0.25) is 0 Å². The molecule has 0 aliphatic heterocycles. The first-order valence-corrected chi connectivity index (χ1v) is 9.71. The number of hydrogen-bond acceptors (Lipinski definition) is 3. The second-order valence-corrected chi connectivity index (χ2v) is 8.74. The predicted molar refractivity (Wildman–Crippen MR) is 92.4 cm³/mol. The van der Waals surface area contributed by atoms with E-state index in [2.05, 4.69) is 13.8 Å². The number of methoxy groups -OCH3 is 2. The fraction of sp³-hybridized carbons (Fsp3) is 1.00. The lowest BCUT2D eigenvalue weighted by Gasteiger charge is -2.54. The molecule has 0 heterocycles. The van der Waals surface area contributed by atoms with Gasteiger partial charge in [-0.3, -0.25) is 0 Å². The molecule has 4 aliphatic carbocycles. The summed E-state index contributed by atoms with van der Waals surface area (Å²) in [4.78, 5) is 0. The summed E-state index contributed by atoms with van der Waals surface area (Å²) < 4.78 is 17.8. The Morgan fingerprint density at radius 3 is 1.83 bits per heavy atom. The average molecular weight is 325 g/mol. The monoisotopic (exact) mass is 324 g/mol. The van der Waals surface area contributed by atoms with Gasteiger partial charge in [-0.1, -0.05) is 20.3 Å². The third kappa shape index (κ3) is 3.48. The van der Waals surface area contributed by atoms with Crippen LogP contribution in [0.5, 0.6) is 0 Å². The van der Waals surface area contributed by atoms with E-state index in [0.29, 0.717) is 12.0 Å². The lowest BCUT2D eigenvalue weighted by atomic mass is 9.55. The molecule has 4 fully saturated rings. The zero-order valence-electron chi connectivity index (χ0n) is 15.6. The minimum absolute atomic E-state index is 0.00703. The Morgan fingerprint density at radius 2 is 1.39 bits per heavy atom. The molecule has 0 N–H and O–H groups in total. The van der Waals surface area contributed by atoms with Gasteiger partial charge in [-0.05, 0) is 61.7 Å². The largest absolute Gasteiger partial charge is 0.384 e. The zero-order chi connectivity index (χ0) is 16.4. The molecule has 4 bridgehead atoms. The van der Waals surface area contributed by atoms with Crippen LogP contribution in [-0.2, 0) is 14.2 Å². The molecule has 1 unspecified atom stereocenters. The van der Waals surface area contributed by atoms with Gasteiger partial charge in [0, 0.05) is 19.6 Å². The average Bonchev–Trinajstić information content (AvgIpc) is 2.53. The SMILES string of the molecule is CCC(C)C(COC)(COC)COC1C2CC3CC(C2)CC1C3. The van der Waals surface area contributed by atoms with E-state index in [1.54, 1.807) is 14.2 Å². The van der Waals surface area contributed by atoms with E-state index < -0.39 is 0 Å². The fourth-order valence-electron chi connectivity index (χ4n) is 5.97. The van der Waals surface area contributed by atoms with Crippen molar-refractivity contribution in [3.05, 3.63) is 0 Å². The van der Waals surface area contributed by atoms with Gasteiger partial charge in [0.1, 0.15) is 0 Å². The van der Waals surface area contributed by atoms with Crippen LogP contribution in [0.3, 0.4) is 0 Å². The maximum atomic E-state index is 6.65. The Kier molecular flexibility index (Phi) is 5.70. The Bertz CT molecular complexity index is 347. The highest BCUT2D eigenvalue weighted by molar-refractivity contribution is 4.99. The van der Waals surface area contributed by atoms with Crippen molar-refractivity contribution in [2.45, 2.75) is 58.5 Å². The van der Waals surface area contributed by atoms with Crippen LogP contribution < -0.4 is 0 Å². The molecule has 0 spiro atoms. The van der Waals surface area contributed by atoms with E-state index in [4.69, 9.17) is 14.2 Å². The summed E-state index contributed by atoms with van der Waals surface area (Å²) in [7, 11) is 3.60. The summed E-state index contributed by atoms with van der Waals surface area (Å²) in [6.07, 6.45) is 8.82. The molecule has 134 valence electrons. The second-order valence-electron chi connectivity index (χ2n) is 8.74. The number of ether oxygens (including phenoxy) is 3. The lowest BCUT2D eigenvalue weighted by molar-refractivity contribution is -0.165. The zero-order valence-corrected chi connectivity index (χ0v) is 15.6. The molecule has 23 heavy (non-hydrogen) atoms. The van der Waals surface area contributed by atoms with Gasteiger partial charge in [-0.2, -0.15) is 0 Å². The molecular formula is C20H36O3. The van der Waals surface area contributed by atoms with Crippen LogP contribution in [-0.4, -0.2) is 40.1 Å². The molecule has 4 rings (SSSR count). The smallest absolute Gasteiger partial charge is 0.0632 e. The highest BCUT2D eigenvalue weighted by atomic mass is 16.5. The van der Waals surface area contributed by atoms with Crippen LogP contribution in [0.15, 0.2) is 0 Å². The van der Waals surface area contributed by atoms with Crippen molar-refractivity contribution < 1.29 is 14.2 Å². The van der Waals surface area contributed by atoms with Crippen molar-refractivity contribution in [3.8, 4) is 0 Å². The molecule has 0 aromatic carbocycles. The van der Waals surface area contributed by atoms with Gasteiger partial charge in [0.05, 0.1) is 25.9 Å². The van der Waals surface area contributed by atoms with Crippen LogP contribution in [0.1, 0.15) is 52.4 Å². The molecular weight excluding hydrogens is 288 g/mol. The minimum Gasteiger partial charge on any atom is -0.384 e. The fourth-order valence-corrected chi connectivity index (χ4v) is 5.97. The molecule has 0 amide bonds. The Balaban J connectivity index is 1.66. The van der Waals surface area contributed by atoms with Crippen LogP contribution in [0.25, 0.3) is 0 Å². The van der Waals surface area contributed by atoms with Crippen LogP contribution >= 0.6 is 0 Å². The first-order valence-electron chi connectivity index (χ1n) is 9.71. The van der Waals surface area contributed by atoms with Crippen molar-refractivity contribution in [1.82, 2.24) is 0 Å². The highest BCUT2D eigenvalue weighted by Gasteiger charge is 2.49. The third-order valence-corrected chi connectivity index (χ3v) is 7.22. The Hall–Kier alpha value is -0.120. The van der Waals surface area contributed by atoms with Crippen LogP contribution in [0, 0.1) is 35.0 Å². The summed E-state index contributed by atoms with van der Waals surface area (Å²) in [6.45, 7) is 6.81. The predicted octanol–water partition coefficient (Wildman–Crippen LogP) is 4.15. The van der Waals surface area contributed by atoms with Crippen molar-refractivity contribution in [2.75, 3.05) is 34.0 Å². The van der Waals surface area contributed by atoms with E-state index in [1.165, 1.54) is 32.1 Å². The molecule has 4 aliphatic rings. The second kappa shape index (κ2) is 7.41. The third-order valence-electron chi connectivity index (χ3n) is 7.22. The molecule has 1 atom stereocenters. The first-order chi connectivity index (χ1) is 11.1. The number of rotatable bonds is 9. The van der Waals surface area contributed by atoms with Gasteiger partial charge in [-0.25, -0.2) is 0 Å². The summed E-state index contributed by atoms with van der Waals surface area (Å²) in [5, 5.41) is 0. The topological polar surface area (TPSA) is 27.7 Å². The Morgan fingerprint density at radius 1 is 0.870 bits per heavy atom. The summed E-state index contributed by atoms with van der Waals surface area (Å²) in [5.41, 5.74) is -0.00703. The normalized spacial score (nSPS) is 37.3. The summed E-state index contributed by atoms with van der Waals surface area (Å²) in [6, 6.07) is 0. The van der Waals surface area contributed by atoms with Crippen molar-refractivity contribution in [1.29, 1.82) is 0 Å². The lowest BCUT2D eigenvalue weighted by Crippen LogP contribution is -2.51. The molecule has 4 saturated carbocycles. The van der Waals surface area contributed by atoms with Crippen molar-refractivity contribution in [3.63, 3.8) is 0 Å². The van der Waals surface area contributed by atoms with Gasteiger partial charge in [-0.15, -0.1) is 0 Å². The van der Waals surface area contributed by atoms with E-state index in [9.17, 15) is 0 Å². The van der Waals surface area contributed by atoms with E-state index in [0.717, 1.165) is 49.9 Å². The van der Waals surface area contributed by atoms with Gasteiger partial charge in [0.15, 0.2) is 0 Å². The van der Waals surface area contributed by atoms with E-state index in [-0.39, 0.29) is 5.41 Å². The van der Waals surface area contributed by atoms with E-state index >= 15 is 0 Å². The maximum Gasteiger partial charge on any atom is 0.0632 e. The maximum absolute atomic E-state index is 6.65. The summed E-state index contributed by atoms with van der Waals surface area (Å²) in [5.74, 6) is 4.21. The molecule has 3 nitrogen and oxygen atoms in total. The minimum atomic E-state index is -0.00703. The summed E-state index contributed by atoms with van der Waals surface area (Å²) >= 11 is 0. The van der Waals surface area contributed by atoms with Crippen molar-refractivity contribution in [2.24, 2.45) is 35.0 Å². The standard InChI is InChI=1S/C20H36O3/c1-5-14(2)20(11-21-3,12-22-4)13-23-19-17-7-15-6-16(9-17)10-18(19)8-15/h14-19H,5-13H2,1-4H3. The van der Waals surface area contributed by atoms with Gasteiger partial charge in [0.25, 0.3) is 0 Å². The Labute approximate surface area is 142 Å². The van der Waals surface area contributed by atoms with Gasteiger partial charge < -0.3 is 14.2 Å². The number of hydrogen-bond donors (Lipinski definition) is 0. The van der Waals surface area contributed by atoms with Gasteiger partial charge >= 0.3 is 0 Å². The highest BCUT2D eigenvalue weighted by Crippen LogP contribution is 2.55. The molecule has 3 heteroatoms. The quantitative estimate of drug-likeness (QED) is 0.637. The van der Waals surface area contributed by atoms with Crippen LogP contribution in [0.2, 0.25) is 0 Å². The van der Waals surface area contributed by atoms with E-state index in [1.807, 2.05) is 0 Å². The van der Waals surface area contributed by atoms with Crippen LogP contribution in [0.4, 0.5) is 0 Å². The molecule has 0 aromatic heterocycles. The first kappa shape index (κ1) is 17.7.